The van der Waals surface area contributed by atoms with Gasteiger partial charge < -0.3 is 10.5 Å². The zero-order chi connectivity index (χ0) is 13.5. The lowest BCUT2D eigenvalue weighted by molar-refractivity contribution is 0.305. The molecule has 19 heavy (non-hydrogen) atoms. The van der Waals surface area contributed by atoms with E-state index < -0.39 is 0 Å². The molecule has 4 nitrogen and oxygen atoms in total. The molecule has 4 heteroatoms. The Labute approximate surface area is 112 Å². The van der Waals surface area contributed by atoms with Gasteiger partial charge in [0.25, 0.3) is 0 Å². The zero-order valence-corrected chi connectivity index (χ0v) is 10.5. The predicted molar refractivity (Wildman–Crippen MR) is 72.5 cm³/mol. The third kappa shape index (κ3) is 3.54. The molecule has 96 valence electrons. The van der Waals surface area contributed by atoms with Crippen molar-refractivity contribution >= 4 is 0 Å². The monoisotopic (exact) mass is 253 g/mol. The molecule has 2 rings (SSSR count). The van der Waals surface area contributed by atoms with Crippen LogP contribution in [0.2, 0.25) is 0 Å². The molecule has 0 aliphatic carbocycles. The van der Waals surface area contributed by atoms with Crippen LogP contribution >= 0.6 is 0 Å². The van der Waals surface area contributed by atoms with Crippen LogP contribution in [0.1, 0.15) is 16.8 Å². The van der Waals surface area contributed by atoms with Gasteiger partial charge in [0.1, 0.15) is 24.1 Å². The minimum atomic E-state index is 0.340. The van der Waals surface area contributed by atoms with Crippen LogP contribution in [0.15, 0.2) is 42.6 Å². The summed E-state index contributed by atoms with van der Waals surface area (Å²) < 4.78 is 5.65. The highest BCUT2D eigenvalue weighted by Crippen LogP contribution is 2.15. The van der Waals surface area contributed by atoms with Gasteiger partial charge in [0.2, 0.25) is 0 Å². The van der Waals surface area contributed by atoms with Gasteiger partial charge in [-0.05, 0) is 36.7 Å². The number of ether oxygens (including phenoxy) is 1. The van der Waals surface area contributed by atoms with Crippen LogP contribution < -0.4 is 10.5 Å². The third-order valence-corrected chi connectivity index (χ3v) is 2.75. The molecule has 0 saturated heterocycles. The van der Waals surface area contributed by atoms with Crippen LogP contribution in [-0.4, -0.2) is 11.5 Å². The molecule has 1 aromatic heterocycles. The van der Waals surface area contributed by atoms with Crippen LogP contribution in [0.25, 0.3) is 0 Å². The minimum absolute atomic E-state index is 0.340. The molecular weight excluding hydrogens is 238 g/mol. The van der Waals surface area contributed by atoms with E-state index in [0.29, 0.717) is 18.8 Å². The van der Waals surface area contributed by atoms with Crippen molar-refractivity contribution in [2.75, 3.05) is 6.54 Å². The molecule has 0 bridgehead atoms. The molecule has 0 fully saturated rings. The zero-order valence-electron chi connectivity index (χ0n) is 10.5. The Morgan fingerprint density at radius 1 is 1.21 bits per heavy atom. The second-order valence-corrected chi connectivity index (χ2v) is 4.09. The number of nitrogens with zero attached hydrogens (tertiary/aromatic N) is 2. The van der Waals surface area contributed by atoms with E-state index in [1.807, 2.05) is 30.3 Å². The number of nitrogens with two attached hydrogens (primary N) is 1. The number of hydrogen-bond acceptors (Lipinski definition) is 4. The van der Waals surface area contributed by atoms with Gasteiger partial charge in [-0.1, -0.05) is 18.2 Å². The molecule has 0 aliphatic heterocycles. The first kappa shape index (κ1) is 13.1. The van der Waals surface area contributed by atoms with E-state index in [-0.39, 0.29) is 0 Å². The van der Waals surface area contributed by atoms with Gasteiger partial charge >= 0.3 is 0 Å². The molecular formula is C15H15N3O. The van der Waals surface area contributed by atoms with E-state index in [4.69, 9.17) is 15.7 Å². The molecule has 0 radical (unpaired) electrons. The first-order valence-electron chi connectivity index (χ1n) is 6.09. The van der Waals surface area contributed by atoms with Gasteiger partial charge in [-0.15, -0.1) is 0 Å². The molecule has 0 spiro atoms. The quantitative estimate of drug-likeness (QED) is 0.885. The number of nitriles is 1. The smallest absolute Gasteiger partial charge is 0.147 e. The Kier molecular flexibility index (Phi) is 4.49. The summed E-state index contributed by atoms with van der Waals surface area (Å²) in [6, 6.07) is 13.5. The van der Waals surface area contributed by atoms with Crippen molar-refractivity contribution in [3.8, 4) is 11.8 Å². The van der Waals surface area contributed by atoms with Crippen LogP contribution in [0.5, 0.6) is 5.75 Å². The van der Waals surface area contributed by atoms with Gasteiger partial charge in [0.15, 0.2) is 0 Å². The topological polar surface area (TPSA) is 71.9 Å². The van der Waals surface area contributed by atoms with Gasteiger partial charge in [-0.2, -0.15) is 5.26 Å². The number of hydrogen-bond donors (Lipinski definition) is 1. The highest BCUT2D eigenvalue weighted by Gasteiger charge is 2.03. The van der Waals surface area contributed by atoms with E-state index in [1.54, 1.807) is 12.3 Å². The van der Waals surface area contributed by atoms with Crippen LogP contribution in [0, 0.1) is 11.3 Å². The van der Waals surface area contributed by atoms with Gasteiger partial charge in [-0.25, -0.2) is 4.98 Å². The molecule has 0 amide bonds. The average molecular weight is 253 g/mol. The van der Waals surface area contributed by atoms with Crippen LogP contribution in [-0.2, 0) is 13.0 Å². The fourth-order valence-electron chi connectivity index (χ4n) is 1.74. The molecule has 2 N–H and O–H groups in total. The lowest BCUT2D eigenvalue weighted by Crippen LogP contribution is -2.03. The molecule has 0 unspecified atom stereocenters. The number of aromatic nitrogens is 1. The molecule has 0 atom stereocenters. The summed E-state index contributed by atoms with van der Waals surface area (Å²) in [7, 11) is 0. The second-order valence-electron chi connectivity index (χ2n) is 4.09. The summed E-state index contributed by atoms with van der Waals surface area (Å²) in [6.45, 7) is 0.981. The van der Waals surface area contributed by atoms with E-state index in [9.17, 15) is 0 Å². The minimum Gasteiger partial charge on any atom is -0.489 e. The fourth-order valence-corrected chi connectivity index (χ4v) is 1.74. The second kappa shape index (κ2) is 6.53. The van der Waals surface area contributed by atoms with E-state index >= 15 is 0 Å². The van der Waals surface area contributed by atoms with Crippen molar-refractivity contribution in [3.05, 3.63) is 59.4 Å². The SMILES string of the molecule is N#Cc1ncccc1COc1ccc(CCN)cc1. The molecule has 0 aliphatic rings. The van der Waals surface area contributed by atoms with Crippen LogP contribution in [0.3, 0.4) is 0 Å². The summed E-state index contributed by atoms with van der Waals surface area (Å²) in [5.74, 6) is 0.772. The standard InChI is InChI=1S/C15H15N3O/c16-8-7-12-3-5-14(6-4-12)19-11-13-2-1-9-18-15(13)10-17/h1-6,9H,7-8,11,16H2. The van der Waals surface area contributed by atoms with Crippen molar-refractivity contribution in [1.29, 1.82) is 5.26 Å². The summed E-state index contributed by atoms with van der Waals surface area (Å²) in [5.41, 5.74) is 7.88. The maximum atomic E-state index is 8.93. The fraction of sp³-hybridized carbons (Fsp3) is 0.200. The Hall–Kier alpha value is -2.38. The summed E-state index contributed by atoms with van der Waals surface area (Å²) in [5, 5.41) is 8.93. The first-order chi connectivity index (χ1) is 9.33. The van der Waals surface area contributed by atoms with Crippen LogP contribution in [0.4, 0.5) is 0 Å². The molecule has 0 saturated carbocycles. The van der Waals surface area contributed by atoms with Crippen molar-refractivity contribution in [1.82, 2.24) is 4.98 Å². The lowest BCUT2D eigenvalue weighted by atomic mass is 10.1. The van der Waals surface area contributed by atoms with E-state index in [2.05, 4.69) is 11.1 Å². The third-order valence-electron chi connectivity index (χ3n) is 2.75. The average Bonchev–Trinajstić information content (AvgIpc) is 2.47. The van der Waals surface area contributed by atoms with Gasteiger partial charge in [0, 0.05) is 11.8 Å². The highest BCUT2D eigenvalue weighted by molar-refractivity contribution is 5.31. The van der Waals surface area contributed by atoms with Gasteiger partial charge in [-0.3, -0.25) is 0 Å². The Balaban J connectivity index is 2.00. The summed E-state index contributed by atoms with van der Waals surface area (Å²) >= 11 is 0. The maximum Gasteiger partial charge on any atom is 0.147 e. The normalized spacial score (nSPS) is 9.89. The van der Waals surface area contributed by atoms with Crippen molar-refractivity contribution in [2.45, 2.75) is 13.0 Å². The number of benzene rings is 1. The molecule has 1 aromatic carbocycles. The van der Waals surface area contributed by atoms with E-state index in [0.717, 1.165) is 17.7 Å². The Bertz CT molecular complexity index is 573. The Morgan fingerprint density at radius 3 is 2.68 bits per heavy atom. The number of pyridine rings is 1. The lowest BCUT2D eigenvalue weighted by Gasteiger charge is -2.07. The first-order valence-corrected chi connectivity index (χ1v) is 6.09. The number of rotatable bonds is 5. The summed E-state index contributed by atoms with van der Waals surface area (Å²) in [6.07, 6.45) is 2.46. The molecule has 2 aromatic rings. The van der Waals surface area contributed by atoms with Gasteiger partial charge in [0.05, 0.1) is 0 Å². The maximum absolute atomic E-state index is 8.93. The van der Waals surface area contributed by atoms with Crippen molar-refractivity contribution in [3.63, 3.8) is 0 Å². The molecule has 1 heterocycles. The Morgan fingerprint density at radius 2 is 2.00 bits per heavy atom. The largest absolute Gasteiger partial charge is 0.489 e. The van der Waals surface area contributed by atoms with Crippen molar-refractivity contribution in [2.24, 2.45) is 5.73 Å². The van der Waals surface area contributed by atoms with E-state index in [1.165, 1.54) is 5.56 Å². The van der Waals surface area contributed by atoms with Crippen molar-refractivity contribution < 1.29 is 4.74 Å². The summed E-state index contributed by atoms with van der Waals surface area (Å²) in [4.78, 5) is 3.99. The highest BCUT2D eigenvalue weighted by atomic mass is 16.5. The predicted octanol–water partition coefficient (Wildman–Crippen LogP) is 2.03.